The van der Waals surface area contributed by atoms with Gasteiger partial charge >= 0.3 is 0 Å². The number of hydrogen-bond acceptors (Lipinski definition) is 4. The van der Waals surface area contributed by atoms with Gasteiger partial charge in [0.1, 0.15) is 12.1 Å². The number of aromatic nitrogens is 2. The third-order valence-corrected chi connectivity index (χ3v) is 3.11. The molecule has 0 unspecified atom stereocenters. The van der Waals surface area contributed by atoms with E-state index in [9.17, 15) is 0 Å². The first-order chi connectivity index (χ1) is 7.64. The Kier molecular flexibility index (Phi) is 2.99. The molecule has 0 atom stereocenters. The summed E-state index contributed by atoms with van der Waals surface area (Å²) in [7, 11) is 0. The van der Waals surface area contributed by atoms with Crippen LogP contribution in [0.15, 0.2) is 6.33 Å². The minimum atomic E-state index is 0.475. The fourth-order valence-corrected chi connectivity index (χ4v) is 1.58. The van der Waals surface area contributed by atoms with Gasteiger partial charge in [-0.2, -0.15) is 0 Å². The van der Waals surface area contributed by atoms with Crippen molar-refractivity contribution in [3.63, 3.8) is 0 Å². The molecule has 0 amide bonds. The number of rotatable bonds is 5. The molecule has 1 aromatic heterocycles. The highest BCUT2D eigenvalue weighted by atomic mass is 16.5. The van der Waals surface area contributed by atoms with E-state index in [0.29, 0.717) is 17.9 Å². The molecule has 0 aliphatic heterocycles. The Hall–Kier alpha value is -1.32. The third-order valence-electron chi connectivity index (χ3n) is 3.11. The van der Waals surface area contributed by atoms with Gasteiger partial charge in [-0.1, -0.05) is 6.92 Å². The average Bonchev–Trinajstić information content (AvgIpc) is 2.99. The van der Waals surface area contributed by atoms with Gasteiger partial charge < -0.3 is 10.1 Å². The molecule has 0 aromatic carbocycles. The summed E-state index contributed by atoms with van der Waals surface area (Å²) >= 11 is 0. The predicted octanol–water partition coefficient (Wildman–Crippen LogP) is 2.40. The number of ether oxygens (including phenoxy) is 1. The lowest BCUT2D eigenvalue weighted by Crippen LogP contribution is -2.14. The Balaban J connectivity index is 2.05. The van der Waals surface area contributed by atoms with Gasteiger partial charge in [-0.3, -0.25) is 0 Å². The Morgan fingerprint density at radius 1 is 1.44 bits per heavy atom. The summed E-state index contributed by atoms with van der Waals surface area (Å²) in [6, 6.07) is 0. The molecule has 88 valence electrons. The highest BCUT2D eigenvalue weighted by Crippen LogP contribution is 2.44. The van der Waals surface area contributed by atoms with Gasteiger partial charge in [0.05, 0.1) is 12.2 Å². The SMILES string of the molecule is CCOc1ncnc(NCC2(C)CC2)c1C. The molecule has 1 aliphatic carbocycles. The van der Waals surface area contributed by atoms with Gasteiger partial charge in [-0.15, -0.1) is 0 Å². The van der Waals surface area contributed by atoms with Crippen molar-refractivity contribution in [1.82, 2.24) is 9.97 Å². The number of anilines is 1. The van der Waals surface area contributed by atoms with Gasteiger partial charge in [0, 0.05) is 6.54 Å². The van der Waals surface area contributed by atoms with Gasteiger partial charge in [-0.25, -0.2) is 9.97 Å². The normalized spacial score (nSPS) is 16.9. The molecule has 0 spiro atoms. The molecule has 1 N–H and O–H groups in total. The monoisotopic (exact) mass is 221 g/mol. The minimum absolute atomic E-state index is 0.475. The maximum absolute atomic E-state index is 5.43. The van der Waals surface area contributed by atoms with Crippen molar-refractivity contribution in [2.75, 3.05) is 18.5 Å². The lowest BCUT2D eigenvalue weighted by atomic mass is 10.1. The first-order valence-corrected chi connectivity index (χ1v) is 5.83. The maximum atomic E-state index is 5.43. The molecular formula is C12H19N3O. The Morgan fingerprint density at radius 2 is 2.19 bits per heavy atom. The van der Waals surface area contributed by atoms with Crippen LogP contribution in [0, 0.1) is 12.3 Å². The van der Waals surface area contributed by atoms with E-state index in [1.807, 2.05) is 13.8 Å². The minimum Gasteiger partial charge on any atom is -0.478 e. The van der Waals surface area contributed by atoms with Crippen molar-refractivity contribution in [3.8, 4) is 5.88 Å². The summed E-state index contributed by atoms with van der Waals surface area (Å²) in [6.45, 7) is 7.86. The second-order valence-electron chi connectivity index (χ2n) is 4.75. The fraction of sp³-hybridized carbons (Fsp3) is 0.667. The summed E-state index contributed by atoms with van der Waals surface area (Å²) in [5.41, 5.74) is 1.47. The molecule has 1 heterocycles. The van der Waals surface area contributed by atoms with E-state index < -0.39 is 0 Å². The quantitative estimate of drug-likeness (QED) is 0.829. The van der Waals surface area contributed by atoms with E-state index in [1.165, 1.54) is 12.8 Å². The first kappa shape index (κ1) is 11.2. The van der Waals surface area contributed by atoms with E-state index in [1.54, 1.807) is 6.33 Å². The van der Waals surface area contributed by atoms with E-state index >= 15 is 0 Å². The number of nitrogens with one attached hydrogen (secondary N) is 1. The largest absolute Gasteiger partial charge is 0.478 e. The highest BCUT2D eigenvalue weighted by molar-refractivity contribution is 5.47. The summed E-state index contributed by atoms with van der Waals surface area (Å²) in [5.74, 6) is 1.58. The van der Waals surface area contributed by atoms with Crippen molar-refractivity contribution >= 4 is 5.82 Å². The first-order valence-electron chi connectivity index (χ1n) is 5.83. The zero-order valence-corrected chi connectivity index (χ0v) is 10.2. The molecule has 0 radical (unpaired) electrons. The Labute approximate surface area is 96.4 Å². The summed E-state index contributed by atoms with van der Waals surface area (Å²) in [5, 5.41) is 3.38. The summed E-state index contributed by atoms with van der Waals surface area (Å²) in [6.07, 6.45) is 4.17. The molecule has 2 rings (SSSR count). The van der Waals surface area contributed by atoms with Crippen LogP contribution in [0.3, 0.4) is 0 Å². The van der Waals surface area contributed by atoms with E-state index in [-0.39, 0.29) is 0 Å². The smallest absolute Gasteiger partial charge is 0.221 e. The molecule has 1 aliphatic rings. The fourth-order valence-electron chi connectivity index (χ4n) is 1.58. The molecule has 0 saturated heterocycles. The van der Waals surface area contributed by atoms with Crippen LogP contribution in [0.25, 0.3) is 0 Å². The van der Waals surface area contributed by atoms with Gasteiger partial charge in [0.25, 0.3) is 0 Å². The van der Waals surface area contributed by atoms with Crippen molar-refractivity contribution in [1.29, 1.82) is 0 Å². The topological polar surface area (TPSA) is 47.0 Å². The molecule has 1 aromatic rings. The zero-order chi connectivity index (χ0) is 11.6. The van der Waals surface area contributed by atoms with Gasteiger partial charge in [0.2, 0.25) is 5.88 Å². The Bertz CT molecular complexity index is 375. The third kappa shape index (κ3) is 2.43. The average molecular weight is 221 g/mol. The van der Waals surface area contributed by atoms with Crippen molar-refractivity contribution < 1.29 is 4.74 Å². The predicted molar refractivity (Wildman–Crippen MR) is 63.8 cm³/mol. The maximum Gasteiger partial charge on any atom is 0.221 e. The van der Waals surface area contributed by atoms with Crippen LogP contribution in [-0.2, 0) is 0 Å². The van der Waals surface area contributed by atoms with Gasteiger partial charge in [0.15, 0.2) is 0 Å². The van der Waals surface area contributed by atoms with E-state index in [2.05, 4.69) is 22.2 Å². The molecule has 16 heavy (non-hydrogen) atoms. The molecule has 0 bridgehead atoms. The highest BCUT2D eigenvalue weighted by Gasteiger charge is 2.36. The van der Waals surface area contributed by atoms with Crippen LogP contribution in [0.5, 0.6) is 5.88 Å². The van der Waals surface area contributed by atoms with Crippen LogP contribution in [-0.4, -0.2) is 23.1 Å². The molecule has 4 nitrogen and oxygen atoms in total. The zero-order valence-electron chi connectivity index (χ0n) is 10.2. The van der Waals surface area contributed by atoms with Crippen LogP contribution in [0.1, 0.15) is 32.3 Å². The number of nitrogens with zero attached hydrogens (tertiary/aromatic N) is 2. The van der Waals surface area contributed by atoms with E-state index in [0.717, 1.165) is 17.9 Å². The molecule has 1 saturated carbocycles. The van der Waals surface area contributed by atoms with Crippen LogP contribution in [0.4, 0.5) is 5.82 Å². The van der Waals surface area contributed by atoms with Gasteiger partial charge in [-0.05, 0) is 32.1 Å². The Morgan fingerprint density at radius 3 is 2.81 bits per heavy atom. The second-order valence-corrected chi connectivity index (χ2v) is 4.75. The van der Waals surface area contributed by atoms with Crippen LogP contribution >= 0.6 is 0 Å². The van der Waals surface area contributed by atoms with Crippen molar-refractivity contribution in [2.24, 2.45) is 5.41 Å². The van der Waals surface area contributed by atoms with Crippen LogP contribution in [0.2, 0.25) is 0 Å². The molecule has 1 fully saturated rings. The summed E-state index contributed by atoms with van der Waals surface area (Å²) < 4.78 is 5.43. The van der Waals surface area contributed by atoms with Crippen molar-refractivity contribution in [3.05, 3.63) is 11.9 Å². The molecule has 4 heteroatoms. The second kappa shape index (κ2) is 4.28. The van der Waals surface area contributed by atoms with Crippen LogP contribution < -0.4 is 10.1 Å². The molecular weight excluding hydrogens is 202 g/mol. The van der Waals surface area contributed by atoms with E-state index in [4.69, 9.17) is 4.74 Å². The van der Waals surface area contributed by atoms with Crippen molar-refractivity contribution in [2.45, 2.75) is 33.6 Å². The standard InChI is InChI=1S/C12H19N3O/c1-4-16-11-9(2)10(14-8-15-11)13-7-12(3)5-6-12/h8H,4-7H2,1-3H3,(H,13,14,15). The lowest BCUT2D eigenvalue weighted by Gasteiger charge is -2.14. The lowest BCUT2D eigenvalue weighted by molar-refractivity contribution is 0.324. The number of hydrogen-bond donors (Lipinski definition) is 1. The summed E-state index contributed by atoms with van der Waals surface area (Å²) in [4.78, 5) is 8.37.